The highest BCUT2D eigenvalue weighted by molar-refractivity contribution is 7.18. The number of carboxylic acids is 1. The van der Waals surface area contributed by atoms with Crippen LogP contribution in [-0.4, -0.2) is 49.8 Å². The molecule has 2 N–H and O–H groups in total. The van der Waals surface area contributed by atoms with Crippen molar-refractivity contribution in [3.8, 4) is 0 Å². The number of aliphatic carboxylic acids is 1. The van der Waals surface area contributed by atoms with Crippen LogP contribution in [0.3, 0.4) is 0 Å². The van der Waals surface area contributed by atoms with Gasteiger partial charge < -0.3 is 15.0 Å². The van der Waals surface area contributed by atoms with E-state index < -0.39 is 11.9 Å². The molecular weight excluding hydrogens is 456 g/mol. The van der Waals surface area contributed by atoms with Gasteiger partial charge in [0, 0.05) is 32.4 Å². The van der Waals surface area contributed by atoms with Crippen molar-refractivity contribution in [2.24, 2.45) is 0 Å². The van der Waals surface area contributed by atoms with E-state index >= 15 is 0 Å². The van der Waals surface area contributed by atoms with Gasteiger partial charge in [-0.2, -0.15) is 0 Å². The minimum atomic E-state index is -0.833. The molecule has 1 aliphatic heterocycles. The number of hydrogen-bond acceptors (Lipinski definition) is 6. The summed E-state index contributed by atoms with van der Waals surface area (Å²) >= 11 is 7.02. The molecule has 2 aromatic heterocycles. The first-order valence-electron chi connectivity index (χ1n) is 9.49. The first-order valence-corrected chi connectivity index (χ1v) is 10.7. The number of hydrogen-bond donors (Lipinski definition) is 2. The predicted octanol–water partition coefficient (Wildman–Crippen LogP) is 3.63. The average molecular weight is 475 g/mol. The molecule has 0 bridgehead atoms. The van der Waals surface area contributed by atoms with Crippen molar-refractivity contribution >= 4 is 52.3 Å². The first-order chi connectivity index (χ1) is 15.3. The number of carbonyl (C=O) groups is 4. The smallest absolute Gasteiger partial charge is 0.300 e. The van der Waals surface area contributed by atoms with E-state index in [-0.39, 0.29) is 17.4 Å². The van der Waals surface area contributed by atoms with Gasteiger partial charge in [0.05, 0.1) is 32.4 Å². The molecule has 4 rings (SSSR count). The second-order valence-electron chi connectivity index (χ2n) is 6.72. The molecule has 3 amide bonds. The molecule has 0 saturated carbocycles. The van der Waals surface area contributed by atoms with Crippen molar-refractivity contribution in [2.45, 2.75) is 19.9 Å². The van der Waals surface area contributed by atoms with Crippen LogP contribution in [0, 0.1) is 0 Å². The number of carboxylic acid groups (broad SMARTS) is 1. The van der Waals surface area contributed by atoms with Crippen LogP contribution in [0.2, 0.25) is 4.34 Å². The lowest BCUT2D eigenvalue weighted by molar-refractivity contribution is -0.134. The Morgan fingerprint density at radius 1 is 1.16 bits per heavy atom. The monoisotopic (exact) mass is 474 g/mol. The second-order valence-corrected chi connectivity index (χ2v) is 8.44. The van der Waals surface area contributed by atoms with Crippen LogP contribution in [0.15, 0.2) is 49.1 Å². The fourth-order valence-electron chi connectivity index (χ4n) is 3.09. The number of carbonyl (C=O) groups excluding carboxylic acids is 3. The maximum atomic E-state index is 12.9. The van der Waals surface area contributed by atoms with Crippen LogP contribution in [0.4, 0.5) is 5.69 Å². The fraction of sp³-hybridized carbons (Fsp3) is 0.190. The van der Waals surface area contributed by atoms with Gasteiger partial charge in [-0.05, 0) is 30.7 Å². The minimum absolute atomic E-state index is 0.228. The molecule has 3 heterocycles. The molecule has 0 atom stereocenters. The highest BCUT2D eigenvalue weighted by Crippen LogP contribution is 2.30. The van der Waals surface area contributed by atoms with Crippen molar-refractivity contribution in [3.05, 3.63) is 69.4 Å². The number of nitrogens with zero attached hydrogens (tertiary/aromatic N) is 3. The number of fused-ring (bicyclic) bond motifs is 1. The number of anilines is 1. The van der Waals surface area contributed by atoms with E-state index in [4.69, 9.17) is 21.5 Å². The standard InChI is InChI=1S/C19H15ClN4O3S.C2H4O2/c20-15-6-5-14(28-15)17(25)22-13-4-1-3-12-16(13)19(27)24(18(12)26)9-2-8-23-10-7-21-11-23;1-2(3)4/h1,3-7,10-11H,2,8-9H2,(H,22,25);1H3,(H,3,4). The summed E-state index contributed by atoms with van der Waals surface area (Å²) in [6.07, 6.45) is 5.80. The zero-order valence-electron chi connectivity index (χ0n) is 16.9. The third-order valence-corrected chi connectivity index (χ3v) is 5.63. The Balaban J connectivity index is 0.000000668. The van der Waals surface area contributed by atoms with Crippen molar-refractivity contribution in [1.29, 1.82) is 0 Å². The summed E-state index contributed by atoms with van der Waals surface area (Å²) in [5, 5.41) is 10.1. The molecule has 32 heavy (non-hydrogen) atoms. The Bertz CT molecular complexity index is 1150. The third kappa shape index (κ3) is 5.40. The summed E-state index contributed by atoms with van der Waals surface area (Å²) in [6.45, 7) is 2.02. The van der Waals surface area contributed by atoms with Crippen molar-refractivity contribution in [2.75, 3.05) is 11.9 Å². The van der Waals surface area contributed by atoms with Crippen LogP contribution in [0.5, 0.6) is 0 Å². The molecule has 0 aliphatic carbocycles. The lowest BCUT2D eigenvalue weighted by Gasteiger charge is -2.14. The Hall–Kier alpha value is -3.50. The third-order valence-electron chi connectivity index (χ3n) is 4.40. The van der Waals surface area contributed by atoms with Crippen LogP contribution in [-0.2, 0) is 11.3 Å². The molecular formula is C21H19ClN4O5S. The molecule has 1 aliphatic rings. The summed E-state index contributed by atoms with van der Waals surface area (Å²) in [7, 11) is 0. The number of imidazole rings is 1. The van der Waals surface area contributed by atoms with Crippen LogP contribution in [0.1, 0.15) is 43.7 Å². The maximum Gasteiger partial charge on any atom is 0.300 e. The predicted molar refractivity (Wildman–Crippen MR) is 119 cm³/mol. The van der Waals surface area contributed by atoms with Gasteiger partial charge in [-0.3, -0.25) is 24.1 Å². The zero-order valence-corrected chi connectivity index (χ0v) is 18.5. The topological polar surface area (TPSA) is 122 Å². The number of benzene rings is 1. The normalized spacial score (nSPS) is 12.2. The van der Waals surface area contributed by atoms with Gasteiger partial charge in [-0.1, -0.05) is 17.7 Å². The van der Waals surface area contributed by atoms with Gasteiger partial charge >= 0.3 is 0 Å². The molecule has 0 spiro atoms. The molecule has 1 aromatic carbocycles. The lowest BCUT2D eigenvalue weighted by atomic mass is 10.1. The van der Waals surface area contributed by atoms with Crippen LogP contribution < -0.4 is 5.32 Å². The van der Waals surface area contributed by atoms with Gasteiger partial charge in [-0.25, -0.2) is 4.98 Å². The summed E-state index contributed by atoms with van der Waals surface area (Å²) in [5.41, 5.74) is 0.850. The summed E-state index contributed by atoms with van der Waals surface area (Å²) < 4.78 is 2.38. The number of nitrogens with one attached hydrogen (secondary N) is 1. The Morgan fingerprint density at radius 2 is 1.91 bits per heavy atom. The number of rotatable bonds is 6. The van der Waals surface area contributed by atoms with E-state index in [1.165, 1.54) is 4.90 Å². The zero-order chi connectivity index (χ0) is 23.3. The molecule has 166 valence electrons. The molecule has 11 heteroatoms. The van der Waals surface area contributed by atoms with Gasteiger partial charge in [0.2, 0.25) is 0 Å². The fourth-order valence-corrected chi connectivity index (χ4v) is 4.03. The van der Waals surface area contributed by atoms with Gasteiger partial charge in [-0.15, -0.1) is 11.3 Å². The highest BCUT2D eigenvalue weighted by Gasteiger charge is 2.37. The van der Waals surface area contributed by atoms with Crippen LogP contribution >= 0.6 is 22.9 Å². The number of aryl methyl sites for hydroxylation is 1. The number of halogens is 1. The van der Waals surface area contributed by atoms with Gasteiger partial charge in [0.15, 0.2) is 0 Å². The molecule has 0 fully saturated rings. The lowest BCUT2D eigenvalue weighted by Crippen LogP contribution is -2.31. The van der Waals surface area contributed by atoms with Crippen molar-refractivity contribution in [1.82, 2.24) is 14.5 Å². The summed E-state index contributed by atoms with van der Waals surface area (Å²) in [6, 6.07) is 8.11. The van der Waals surface area contributed by atoms with E-state index in [0.29, 0.717) is 40.0 Å². The highest BCUT2D eigenvalue weighted by atomic mass is 35.5. The Morgan fingerprint density at radius 3 is 2.53 bits per heavy atom. The second kappa shape index (κ2) is 10.2. The summed E-state index contributed by atoms with van der Waals surface area (Å²) in [4.78, 5) is 52.6. The summed E-state index contributed by atoms with van der Waals surface area (Å²) in [5.74, 6) is -1.95. The van der Waals surface area contributed by atoms with E-state index in [2.05, 4.69) is 10.3 Å². The van der Waals surface area contributed by atoms with Gasteiger partial charge in [0.25, 0.3) is 23.7 Å². The van der Waals surface area contributed by atoms with E-state index in [1.54, 1.807) is 42.9 Å². The Kier molecular flexibility index (Phi) is 7.39. The largest absolute Gasteiger partial charge is 0.481 e. The first kappa shape index (κ1) is 23.2. The van der Waals surface area contributed by atoms with Crippen molar-refractivity contribution in [3.63, 3.8) is 0 Å². The molecule has 9 nitrogen and oxygen atoms in total. The minimum Gasteiger partial charge on any atom is -0.481 e. The number of amides is 3. The van der Waals surface area contributed by atoms with E-state index in [1.807, 2.05) is 10.8 Å². The maximum absolute atomic E-state index is 12.9. The quantitative estimate of drug-likeness (QED) is 0.526. The molecule has 3 aromatic rings. The molecule has 0 saturated heterocycles. The average Bonchev–Trinajstić information content (AvgIpc) is 3.45. The Labute approximate surface area is 192 Å². The molecule has 0 unspecified atom stereocenters. The van der Waals surface area contributed by atoms with Gasteiger partial charge in [0.1, 0.15) is 0 Å². The van der Waals surface area contributed by atoms with Crippen LogP contribution in [0.25, 0.3) is 0 Å². The molecule has 0 radical (unpaired) electrons. The number of imide groups is 1. The SMILES string of the molecule is CC(=O)O.O=C(Nc1cccc2c1C(=O)N(CCCn1ccnc1)C2=O)c1ccc(Cl)s1. The van der Waals surface area contributed by atoms with E-state index in [0.717, 1.165) is 18.3 Å². The number of aromatic nitrogens is 2. The van der Waals surface area contributed by atoms with Crippen molar-refractivity contribution < 1.29 is 24.3 Å². The van der Waals surface area contributed by atoms with E-state index in [9.17, 15) is 14.4 Å². The number of thiophene rings is 1.